The third-order valence-corrected chi connectivity index (χ3v) is 11.0. The number of rotatable bonds is 4. The average Bonchev–Trinajstić information content (AvgIpc) is 4.11. The quantitative estimate of drug-likeness (QED) is 0.173. The molecule has 368 valence electrons. The van der Waals surface area contributed by atoms with Gasteiger partial charge in [0.15, 0.2) is 0 Å². The number of H-pyrrole nitrogens is 2. The fourth-order valence-corrected chi connectivity index (χ4v) is 6.39. The predicted octanol–water partition coefficient (Wildman–Crippen LogP) is 12.9. The van der Waals surface area contributed by atoms with Crippen molar-refractivity contribution in [3.63, 3.8) is 0 Å². The van der Waals surface area contributed by atoms with Crippen molar-refractivity contribution >= 4 is 0 Å². The van der Waals surface area contributed by atoms with Crippen molar-refractivity contribution in [3.8, 4) is 45.6 Å². The van der Waals surface area contributed by atoms with Crippen LogP contribution in [0.2, 0.25) is 0 Å². The van der Waals surface area contributed by atoms with Crippen molar-refractivity contribution in [2.45, 2.75) is 157 Å². The van der Waals surface area contributed by atoms with Gasteiger partial charge in [-0.2, -0.15) is 10.2 Å². The Morgan fingerprint density at radius 1 is 0.362 bits per heavy atom. The molecule has 0 aliphatic rings. The van der Waals surface area contributed by atoms with Crippen molar-refractivity contribution < 1.29 is 21.1 Å². The van der Waals surface area contributed by atoms with E-state index in [-0.39, 0.29) is 53.6 Å². The van der Waals surface area contributed by atoms with Crippen LogP contribution < -0.4 is 10.2 Å². The van der Waals surface area contributed by atoms with Gasteiger partial charge in [-0.15, -0.1) is 0 Å². The molecule has 8 rings (SSSR count). The van der Waals surface area contributed by atoms with Crippen LogP contribution in [0.25, 0.3) is 45.6 Å². The molecule has 0 saturated heterocycles. The van der Waals surface area contributed by atoms with Crippen LogP contribution in [0.4, 0.5) is 0 Å². The van der Waals surface area contributed by atoms with Gasteiger partial charge in [0, 0.05) is 69.2 Å². The van der Waals surface area contributed by atoms with Gasteiger partial charge in [-0.05, 0) is 82.6 Å². The molecule has 2 N–H and O–H groups in total. The molecule has 8 aromatic heterocycles. The van der Waals surface area contributed by atoms with E-state index in [1.807, 2.05) is 73.3 Å². The summed E-state index contributed by atoms with van der Waals surface area (Å²) < 4.78 is 0. The van der Waals surface area contributed by atoms with Gasteiger partial charge >= 0.3 is 21.1 Å². The molecule has 0 fully saturated rings. The Balaban J connectivity index is 0.000000215. The molecule has 0 bridgehead atoms. The Morgan fingerprint density at radius 3 is 0.942 bits per heavy atom. The summed E-state index contributed by atoms with van der Waals surface area (Å²) in [7, 11) is 0. The first kappa shape index (κ1) is 55.7. The molecule has 0 aliphatic carbocycles. The standard InChI is InChI=1S/C19H25N5.C19H23N5.2C9H13N.Pt/c2*1-18(2,3)16-10-14(21-23-16)12-8-7-9-13(20-12)15-11-17(24-22-15)19(4,5)6;2*1-9(2,3)8-4-6-10-7-5-8;/h7-11H,1-6H3,(H,21,23)(H,22,24);7-11H,1-6H3;2*4-7H,1-3H3;/q;-2;;;+2. The predicted molar refractivity (Wildman–Crippen MR) is 277 cm³/mol. The molecule has 8 heterocycles. The second kappa shape index (κ2) is 22.3. The number of hydrogen-bond acceptors (Lipinski definition) is 8. The Morgan fingerprint density at radius 2 is 0.681 bits per heavy atom. The van der Waals surface area contributed by atoms with Gasteiger partial charge in [0.25, 0.3) is 0 Å². The van der Waals surface area contributed by atoms with E-state index in [0.717, 1.165) is 68.3 Å². The summed E-state index contributed by atoms with van der Waals surface area (Å²) >= 11 is 0. The Labute approximate surface area is 425 Å². The summed E-state index contributed by atoms with van der Waals surface area (Å²) in [5.41, 5.74) is 13.9. The molecule has 8 aromatic rings. The molecule has 0 radical (unpaired) electrons. The van der Waals surface area contributed by atoms with E-state index in [0.29, 0.717) is 0 Å². The maximum Gasteiger partial charge on any atom is 2.00 e. The molecule has 0 aliphatic heterocycles. The van der Waals surface area contributed by atoms with Crippen molar-refractivity contribution in [1.82, 2.24) is 60.7 Å². The van der Waals surface area contributed by atoms with Crippen molar-refractivity contribution in [1.29, 1.82) is 0 Å². The van der Waals surface area contributed by atoms with Crippen LogP contribution in [-0.2, 0) is 53.6 Å². The van der Waals surface area contributed by atoms with Gasteiger partial charge in [0.1, 0.15) is 11.4 Å². The average molecular weight is 1110 g/mol. The summed E-state index contributed by atoms with van der Waals surface area (Å²) in [6, 6.07) is 28.2. The maximum absolute atomic E-state index is 4.74. The molecule has 69 heavy (non-hydrogen) atoms. The number of aromatic nitrogens is 12. The normalized spacial score (nSPS) is 12.1. The largest absolute Gasteiger partial charge is 2.00 e. The van der Waals surface area contributed by atoms with E-state index < -0.39 is 0 Å². The summed E-state index contributed by atoms with van der Waals surface area (Å²) in [5.74, 6) is 0. The van der Waals surface area contributed by atoms with E-state index in [9.17, 15) is 0 Å². The van der Waals surface area contributed by atoms with Gasteiger partial charge in [-0.25, -0.2) is 4.98 Å². The minimum Gasteiger partial charge on any atom is -0.573 e. The zero-order valence-corrected chi connectivity index (χ0v) is 46.5. The van der Waals surface area contributed by atoms with E-state index >= 15 is 0 Å². The first-order chi connectivity index (χ1) is 31.5. The van der Waals surface area contributed by atoms with Crippen LogP contribution in [0.3, 0.4) is 0 Å². The molecule has 13 heteroatoms. The SMILES string of the molecule is CC(C)(C)c1cc(-c2cccc(-c3cc(C(C)(C)C)[nH]n3)n2)n[nH]1.CC(C)(C)c1cc(-c2cccc(-c3cc(C(C)(C)C)n[n-]3)n2)[n-]n1.CC(C)(C)c1ccncc1.CC(C)(C)c1ccncc1.[Pt+2]. The van der Waals surface area contributed by atoms with Crippen LogP contribution in [-0.4, -0.2) is 50.5 Å². The summed E-state index contributed by atoms with van der Waals surface area (Å²) in [5, 5.41) is 32.2. The van der Waals surface area contributed by atoms with E-state index in [4.69, 9.17) is 9.97 Å². The number of hydrogen-bond donors (Lipinski definition) is 2. The molecule has 0 unspecified atom stereocenters. The van der Waals surface area contributed by atoms with Crippen LogP contribution in [0.15, 0.2) is 110 Å². The Hall–Kier alpha value is -5.87. The third-order valence-electron chi connectivity index (χ3n) is 11.0. The third kappa shape index (κ3) is 16.1. The minimum absolute atomic E-state index is 0. The second-order valence-corrected chi connectivity index (χ2v) is 23.4. The van der Waals surface area contributed by atoms with Crippen LogP contribution in [0, 0.1) is 0 Å². The first-order valence-electron chi connectivity index (χ1n) is 23.4. The summed E-state index contributed by atoms with van der Waals surface area (Å²) in [6.07, 6.45) is 7.34. The molecule has 12 nitrogen and oxygen atoms in total. The van der Waals surface area contributed by atoms with Gasteiger partial charge in [0.2, 0.25) is 0 Å². The Bertz CT molecular complexity index is 2460. The molecule has 0 amide bonds. The summed E-state index contributed by atoms with van der Waals surface area (Å²) in [4.78, 5) is 17.4. The van der Waals surface area contributed by atoms with Gasteiger partial charge in [-0.3, -0.25) is 25.1 Å². The topological polar surface area (TPSA) is 163 Å². The fraction of sp³-hybridized carbons (Fsp3) is 0.429. The minimum atomic E-state index is -0.0262. The van der Waals surface area contributed by atoms with Gasteiger partial charge in [0.05, 0.1) is 22.8 Å². The summed E-state index contributed by atoms with van der Waals surface area (Å²) in [6.45, 7) is 38.9. The van der Waals surface area contributed by atoms with E-state index in [1.165, 1.54) is 11.1 Å². The molecular formula is C56H74N12Pt. The van der Waals surface area contributed by atoms with Crippen molar-refractivity contribution in [2.75, 3.05) is 0 Å². The molecule has 0 spiro atoms. The molecule has 0 aromatic carbocycles. The van der Waals surface area contributed by atoms with Crippen molar-refractivity contribution in [3.05, 3.63) is 144 Å². The zero-order valence-electron chi connectivity index (χ0n) is 44.2. The van der Waals surface area contributed by atoms with Crippen LogP contribution in [0.1, 0.15) is 159 Å². The monoisotopic (exact) mass is 1110 g/mol. The molecule has 0 saturated carbocycles. The first-order valence-corrected chi connectivity index (χ1v) is 23.4. The fourth-order valence-electron chi connectivity index (χ4n) is 6.39. The molecular weight excluding hydrogens is 1040 g/mol. The van der Waals surface area contributed by atoms with Crippen LogP contribution in [0.5, 0.6) is 0 Å². The smallest absolute Gasteiger partial charge is 0.573 e. The molecule has 0 atom stereocenters. The Kier molecular flexibility index (Phi) is 18.0. The van der Waals surface area contributed by atoms with E-state index in [1.54, 1.807) is 0 Å². The van der Waals surface area contributed by atoms with E-state index in [2.05, 4.69) is 212 Å². The number of pyridine rings is 4. The van der Waals surface area contributed by atoms with Gasteiger partial charge < -0.3 is 20.4 Å². The van der Waals surface area contributed by atoms with Crippen molar-refractivity contribution in [2.24, 2.45) is 0 Å². The number of aromatic amines is 2. The maximum atomic E-state index is 4.74. The van der Waals surface area contributed by atoms with Gasteiger partial charge in [-0.1, -0.05) is 160 Å². The second-order valence-electron chi connectivity index (χ2n) is 23.4. The van der Waals surface area contributed by atoms with Crippen LogP contribution >= 0.6 is 0 Å². The number of nitrogens with one attached hydrogen (secondary N) is 2. The zero-order chi connectivity index (χ0) is 50.3. The number of nitrogens with zero attached hydrogens (tertiary/aromatic N) is 10.